The number of hydrogen-bond acceptors (Lipinski definition) is 3. The number of rotatable bonds is 6. The highest BCUT2D eigenvalue weighted by molar-refractivity contribution is 7.85. The monoisotopic (exact) mass is 227 g/mol. The molecule has 0 saturated heterocycles. The molecule has 0 aliphatic heterocycles. The maximum atomic E-state index is 11.8. The van der Waals surface area contributed by atoms with E-state index in [0.717, 1.165) is 24.3 Å². The Morgan fingerprint density at radius 1 is 1.40 bits per heavy atom. The van der Waals surface area contributed by atoms with Gasteiger partial charge in [0, 0.05) is 30.1 Å². The standard InChI is InChI=1S/C11H17NO2S/c1-14-7-2-3-8-15(13)11-6-4-5-10(12)9-11/h4-6,9H,2-3,7-8,12H2,1H3. The van der Waals surface area contributed by atoms with Crippen LogP contribution in [0.15, 0.2) is 29.2 Å². The van der Waals surface area contributed by atoms with Crippen molar-refractivity contribution in [1.82, 2.24) is 0 Å². The lowest BCUT2D eigenvalue weighted by Crippen LogP contribution is -2.00. The molecular weight excluding hydrogens is 210 g/mol. The third kappa shape index (κ3) is 4.44. The topological polar surface area (TPSA) is 52.3 Å². The highest BCUT2D eigenvalue weighted by Gasteiger charge is 2.03. The smallest absolute Gasteiger partial charge is 0.0530 e. The van der Waals surface area contributed by atoms with Crippen LogP contribution in [0.25, 0.3) is 0 Å². The van der Waals surface area contributed by atoms with E-state index in [1.54, 1.807) is 19.2 Å². The van der Waals surface area contributed by atoms with E-state index < -0.39 is 10.8 Å². The van der Waals surface area contributed by atoms with E-state index in [9.17, 15) is 4.21 Å². The fourth-order valence-electron chi connectivity index (χ4n) is 1.25. The van der Waals surface area contributed by atoms with Crippen molar-refractivity contribution in [2.75, 3.05) is 25.2 Å². The third-order valence-corrected chi connectivity index (χ3v) is 3.49. The van der Waals surface area contributed by atoms with Crippen molar-refractivity contribution < 1.29 is 8.95 Å². The Morgan fingerprint density at radius 2 is 2.20 bits per heavy atom. The van der Waals surface area contributed by atoms with Gasteiger partial charge in [0.15, 0.2) is 0 Å². The molecule has 0 bridgehead atoms. The first-order chi connectivity index (χ1) is 7.24. The average molecular weight is 227 g/mol. The summed E-state index contributed by atoms with van der Waals surface area (Å²) >= 11 is 0. The Labute approximate surface area is 93.1 Å². The molecule has 0 aliphatic rings. The first kappa shape index (κ1) is 12.2. The molecule has 4 heteroatoms. The zero-order valence-electron chi connectivity index (χ0n) is 8.94. The average Bonchev–Trinajstić information content (AvgIpc) is 2.24. The zero-order valence-corrected chi connectivity index (χ0v) is 9.76. The lowest BCUT2D eigenvalue weighted by molar-refractivity contribution is 0.194. The van der Waals surface area contributed by atoms with Gasteiger partial charge in [-0.1, -0.05) is 6.07 Å². The summed E-state index contributed by atoms with van der Waals surface area (Å²) in [5.74, 6) is 0.673. The molecule has 0 radical (unpaired) electrons. The van der Waals surface area contributed by atoms with Gasteiger partial charge in [0.2, 0.25) is 0 Å². The molecule has 1 unspecified atom stereocenters. The van der Waals surface area contributed by atoms with E-state index in [4.69, 9.17) is 10.5 Å². The van der Waals surface area contributed by atoms with Crippen molar-refractivity contribution in [2.24, 2.45) is 0 Å². The Morgan fingerprint density at radius 3 is 2.87 bits per heavy atom. The van der Waals surface area contributed by atoms with E-state index in [-0.39, 0.29) is 0 Å². The van der Waals surface area contributed by atoms with Crippen molar-refractivity contribution in [1.29, 1.82) is 0 Å². The second-order valence-corrected chi connectivity index (χ2v) is 4.89. The van der Waals surface area contributed by atoms with Crippen LogP contribution in [-0.2, 0) is 15.5 Å². The summed E-state index contributed by atoms with van der Waals surface area (Å²) in [6, 6.07) is 7.25. The number of unbranched alkanes of at least 4 members (excludes halogenated alkanes) is 1. The summed E-state index contributed by atoms with van der Waals surface area (Å²) in [4.78, 5) is 0.812. The Kier molecular flexibility index (Phi) is 5.36. The fraction of sp³-hybridized carbons (Fsp3) is 0.455. The molecule has 15 heavy (non-hydrogen) atoms. The van der Waals surface area contributed by atoms with Crippen LogP contribution in [0, 0.1) is 0 Å². The van der Waals surface area contributed by atoms with Crippen LogP contribution in [0.4, 0.5) is 5.69 Å². The lowest BCUT2D eigenvalue weighted by Gasteiger charge is -2.03. The summed E-state index contributed by atoms with van der Waals surface area (Å²) in [7, 11) is 0.743. The molecule has 0 spiro atoms. The summed E-state index contributed by atoms with van der Waals surface area (Å²) in [6.45, 7) is 0.730. The third-order valence-electron chi connectivity index (χ3n) is 2.05. The highest BCUT2D eigenvalue weighted by Crippen LogP contribution is 2.12. The lowest BCUT2D eigenvalue weighted by atomic mass is 10.3. The van der Waals surface area contributed by atoms with Gasteiger partial charge < -0.3 is 10.5 Å². The maximum Gasteiger partial charge on any atom is 0.0530 e. The van der Waals surface area contributed by atoms with Crippen LogP contribution in [0.2, 0.25) is 0 Å². The van der Waals surface area contributed by atoms with Gasteiger partial charge in [-0.15, -0.1) is 0 Å². The number of anilines is 1. The molecule has 1 aromatic carbocycles. The van der Waals surface area contributed by atoms with Crippen LogP contribution < -0.4 is 5.73 Å². The molecule has 1 aromatic rings. The van der Waals surface area contributed by atoms with Gasteiger partial charge in [0.05, 0.1) is 10.8 Å². The Bertz CT molecular complexity index is 328. The van der Waals surface area contributed by atoms with Crippen LogP contribution >= 0.6 is 0 Å². The van der Waals surface area contributed by atoms with Crippen LogP contribution in [0.3, 0.4) is 0 Å². The Balaban J connectivity index is 2.40. The molecule has 0 saturated carbocycles. The van der Waals surface area contributed by atoms with Gasteiger partial charge in [-0.05, 0) is 31.0 Å². The largest absolute Gasteiger partial charge is 0.399 e. The molecular formula is C11H17NO2S. The summed E-state index contributed by atoms with van der Waals surface area (Å²) < 4.78 is 16.7. The van der Waals surface area contributed by atoms with Gasteiger partial charge in [0.25, 0.3) is 0 Å². The molecule has 0 heterocycles. The van der Waals surface area contributed by atoms with E-state index in [1.807, 2.05) is 12.1 Å². The molecule has 1 rings (SSSR count). The summed E-state index contributed by atoms with van der Waals surface area (Å²) in [6.07, 6.45) is 1.86. The maximum absolute atomic E-state index is 11.8. The molecule has 0 fully saturated rings. The molecule has 3 nitrogen and oxygen atoms in total. The van der Waals surface area contributed by atoms with E-state index in [1.165, 1.54) is 0 Å². The van der Waals surface area contributed by atoms with Crippen LogP contribution in [0.5, 0.6) is 0 Å². The predicted molar refractivity (Wildman–Crippen MR) is 63.2 cm³/mol. The predicted octanol–water partition coefficient (Wildman–Crippen LogP) is 1.80. The highest BCUT2D eigenvalue weighted by atomic mass is 32.2. The Hall–Kier alpha value is -0.870. The fourth-order valence-corrected chi connectivity index (χ4v) is 2.45. The number of hydrogen-bond donors (Lipinski definition) is 1. The second-order valence-electron chi connectivity index (χ2n) is 3.32. The number of benzene rings is 1. The van der Waals surface area contributed by atoms with Crippen molar-refractivity contribution in [2.45, 2.75) is 17.7 Å². The quantitative estimate of drug-likeness (QED) is 0.595. The number of nitrogens with two attached hydrogens (primary N) is 1. The molecule has 0 amide bonds. The minimum absolute atomic E-state index is 0.665. The molecule has 0 aliphatic carbocycles. The van der Waals surface area contributed by atoms with Crippen molar-refractivity contribution in [3.63, 3.8) is 0 Å². The van der Waals surface area contributed by atoms with Crippen molar-refractivity contribution in [3.05, 3.63) is 24.3 Å². The summed E-state index contributed by atoms with van der Waals surface area (Å²) in [5.41, 5.74) is 6.28. The molecule has 1 atom stereocenters. The van der Waals surface area contributed by atoms with Crippen molar-refractivity contribution in [3.8, 4) is 0 Å². The number of ether oxygens (including phenoxy) is 1. The second kappa shape index (κ2) is 6.58. The van der Waals surface area contributed by atoms with Gasteiger partial charge in [-0.3, -0.25) is 4.21 Å². The number of methoxy groups -OCH3 is 1. The van der Waals surface area contributed by atoms with Gasteiger partial charge in [-0.2, -0.15) is 0 Å². The first-order valence-electron chi connectivity index (χ1n) is 4.97. The van der Waals surface area contributed by atoms with E-state index in [0.29, 0.717) is 11.4 Å². The first-order valence-corrected chi connectivity index (χ1v) is 6.29. The van der Waals surface area contributed by atoms with Gasteiger partial charge >= 0.3 is 0 Å². The van der Waals surface area contributed by atoms with E-state index in [2.05, 4.69) is 0 Å². The van der Waals surface area contributed by atoms with Crippen LogP contribution in [0.1, 0.15) is 12.8 Å². The van der Waals surface area contributed by atoms with Crippen molar-refractivity contribution >= 4 is 16.5 Å². The van der Waals surface area contributed by atoms with Gasteiger partial charge in [0.1, 0.15) is 0 Å². The minimum Gasteiger partial charge on any atom is -0.399 e. The minimum atomic E-state index is -0.933. The normalized spacial score (nSPS) is 12.6. The zero-order chi connectivity index (χ0) is 11.1. The SMILES string of the molecule is COCCCCS(=O)c1cccc(N)c1. The van der Waals surface area contributed by atoms with Gasteiger partial charge in [-0.25, -0.2) is 0 Å². The molecule has 0 aromatic heterocycles. The summed E-state index contributed by atoms with van der Waals surface area (Å²) in [5, 5.41) is 0. The van der Waals surface area contributed by atoms with Crippen LogP contribution in [-0.4, -0.2) is 23.7 Å². The van der Waals surface area contributed by atoms with E-state index >= 15 is 0 Å². The molecule has 84 valence electrons. The molecule has 2 N–H and O–H groups in total. The number of nitrogen functional groups attached to an aromatic ring is 1.